The molecule has 1 aliphatic heterocycles. The molecule has 2 rings (SSSR count). The number of ether oxygens (including phenoxy) is 2. The van der Waals surface area contributed by atoms with Gasteiger partial charge >= 0.3 is 6.09 Å². The normalized spacial score (nSPS) is 16.1. The summed E-state index contributed by atoms with van der Waals surface area (Å²) >= 11 is 0. The zero-order valence-corrected chi connectivity index (χ0v) is 16.0. The summed E-state index contributed by atoms with van der Waals surface area (Å²) in [4.78, 5) is 20.9. The Labute approximate surface area is 149 Å². The Bertz CT molecular complexity index is 582. The second kappa shape index (κ2) is 9.86. The third-order valence-electron chi connectivity index (χ3n) is 3.02. The zero-order chi connectivity index (χ0) is 18.9. The fraction of sp³-hybridized carbons (Fsp3) is 0.611. The van der Waals surface area contributed by atoms with Gasteiger partial charge in [-0.1, -0.05) is 19.0 Å². The summed E-state index contributed by atoms with van der Waals surface area (Å²) in [6, 6.07) is 1.82. The molecule has 1 atom stereocenters. The fourth-order valence-corrected chi connectivity index (χ4v) is 1.97. The van der Waals surface area contributed by atoms with Crippen molar-refractivity contribution in [2.75, 3.05) is 13.2 Å². The molecule has 7 nitrogen and oxygen atoms in total. The molecule has 1 N–H and O–H groups in total. The Kier molecular flexibility index (Phi) is 8.18. The van der Waals surface area contributed by atoms with E-state index in [-0.39, 0.29) is 6.10 Å². The van der Waals surface area contributed by atoms with E-state index in [4.69, 9.17) is 14.3 Å². The van der Waals surface area contributed by atoms with Crippen molar-refractivity contribution in [3.8, 4) is 5.75 Å². The summed E-state index contributed by atoms with van der Waals surface area (Å²) in [6.07, 6.45) is 3.42. The Balaban J connectivity index is 0.00000151. The Morgan fingerprint density at radius 2 is 2.12 bits per heavy atom. The number of hydrogen-bond acceptors (Lipinski definition) is 6. The van der Waals surface area contributed by atoms with Crippen LogP contribution < -0.4 is 10.1 Å². The lowest BCUT2D eigenvalue weighted by atomic mass is 10.2. The predicted octanol–water partition coefficient (Wildman–Crippen LogP) is 3.46. The summed E-state index contributed by atoms with van der Waals surface area (Å²) in [5.41, 5.74) is 1.21. The maximum absolute atomic E-state index is 11.6. The van der Waals surface area contributed by atoms with E-state index in [1.807, 2.05) is 47.6 Å². The first-order valence-electron chi connectivity index (χ1n) is 8.55. The van der Waals surface area contributed by atoms with Crippen LogP contribution in [0.15, 0.2) is 23.6 Å². The van der Waals surface area contributed by atoms with Crippen molar-refractivity contribution in [2.45, 2.75) is 59.7 Å². The highest BCUT2D eigenvalue weighted by molar-refractivity contribution is 5.89. The maximum atomic E-state index is 11.6. The van der Waals surface area contributed by atoms with Crippen molar-refractivity contribution in [3.63, 3.8) is 0 Å². The molecule has 1 amide bonds. The first kappa shape index (κ1) is 20.7. The van der Waals surface area contributed by atoms with Gasteiger partial charge in [0.1, 0.15) is 18.0 Å². The van der Waals surface area contributed by atoms with Crippen LogP contribution in [-0.4, -0.2) is 41.6 Å². The number of rotatable bonds is 5. The topological polar surface area (TPSA) is 82.0 Å². The van der Waals surface area contributed by atoms with Gasteiger partial charge in [0.25, 0.3) is 0 Å². The van der Waals surface area contributed by atoms with Gasteiger partial charge in [-0.25, -0.2) is 4.79 Å². The number of amides is 1. The molecule has 7 heteroatoms. The smallest absolute Gasteiger partial charge is 0.407 e. The average molecular weight is 351 g/mol. The molecule has 0 aliphatic carbocycles. The van der Waals surface area contributed by atoms with Crippen LogP contribution in [0.2, 0.25) is 0 Å². The molecule has 1 aromatic rings. The van der Waals surface area contributed by atoms with Crippen molar-refractivity contribution in [3.05, 3.63) is 24.0 Å². The van der Waals surface area contributed by atoms with Crippen molar-refractivity contribution < 1.29 is 19.1 Å². The van der Waals surface area contributed by atoms with Crippen LogP contribution in [0.4, 0.5) is 4.79 Å². The number of nitrogens with one attached hydrogen (secondary N) is 1. The molecule has 0 spiro atoms. The molecule has 0 aromatic carbocycles. The number of alkyl carbamates (subject to hydrolysis) is 1. The summed E-state index contributed by atoms with van der Waals surface area (Å²) in [6.45, 7) is 12.1. The van der Waals surface area contributed by atoms with Crippen LogP contribution in [0.3, 0.4) is 0 Å². The number of pyridine rings is 1. The summed E-state index contributed by atoms with van der Waals surface area (Å²) in [5.74, 6) is 0.781. The number of carbonyl (C=O) groups is 1. The minimum absolute atomic E-state index is 0.155. The third kappa shape index (κ3) is 7.87. The molecule has 0 saturated heterocycles. The van der Waals surface area contributed by atoms with E-state index in [9.17, 15) is 4.79 Å². The van der Waals surface area contributed by atoms with Gasteiger partial charge < -0.3 is 19.6 Å². The molecule has 0 bridgehead atoms. The van der Waals surface area contributed by atoms with Crippen LogP contribution in [0, 0.1) is 6.92 Å². The quantitative estimate of drug-likeness (QED) is 0.878. The summed E-state index contributed by atoms with van der Waals surface area (Å²) in [5, 5.41) is 6.64. The average Bonchev–Trinajstić information content (AvgIpc) is 3.00. The summed E-state index contributed by atoms with van der Waals surface area (Å²) < 4.78 is 10.9. The van der Waals surface area contributed by atoms with Gasteiger partial charge in [0, 0.05) is 24.4 Å². The van der Waals surface area contributed by atoms with Gasteiger partial charge in [-0.05, 0) is 33.8 Å². The minimum Gasteiger partial charge on any atom is -0.489 e. The van der Waals surface area contributed by atoms with Gasteiger partial charge in [-0.15, -0.1) is 0 Å². The lowest BCUT2D eigenvalue weighted by Crippen LogP contribution is -2.35. The molecular formula is C18H29N3O4. The van der Waals surface area contributed by atoms with Crippen molar-refractivity contribution in [1.82, 2.24) is 10.3 Å². The number of oxime groups is 1. The van der Waals surface area contributed by atoms with E-state index in [0.717, 1.165) is 17.0 Å². The van der Waals surface area contributed by atoms with E-state index >= 15 is 0 Å². The van der Waals surface area contributed by atoms with E-state index < -0.39 is 11.7 Å². The molecule has 1 aromatic heterocycles. The minimum atomic E-state index is -0.517. The number of carbonyl (C=O) groups excluding carboxylic acids is 1. The highest BCUT2D eigenvalue weighted by Crippen LogP contribution is 2.17. The van der Waals surface area contributed by atoms with E-state index in [2.05, 4.69) is 15.5 Å². The molecule has 0 saturated carbocycles. The van der Waals surface area contributed by atoms with Gasteiger partial charge in [0.05, 0.1) is 12.3 Å². The molecule has 1 aliphatic rings. The van der Waals surface area contributed by atoms with E-state index in [1.54, 1.807) is 12.4 Å². The maximum Gasteiger partial charge on any atom is 0.407 e. The van der Waals surface area contributed by atoms with E-state index in [0.29, 0.717) is 19.6 Å². The standard InChI is InChI=1S/C16H23N3O4.C2H6/c1-11-8-17-6-5-14(11)21-10-13-7-12(19-23-13)9-18-15(20)22-16(2,3)4;1-2/h5-6,8,13H,7,9-10H2,1-4H3,(H,18,20);1-2H3. The van der Waals surface area contributed by atoms with Gasteiger partial charge in [-0.3, -0.25) is 4.98 Å². The Hall–Kier alpha value is -2.31. The molecule has 25 heavy (non-hydrogen) atoms. The second-order valence-electron chi connectivity index (χ2n) is 6.40. The van der Waals surface area contributed by atoms with Gasteiger partial charge in [0.15, 0.2) is 6.10 Å². The highest BCUT2D eigenvalue weighted by atomic mass is 16.7. The van der Waals surface area contributed by atoms with Crippen LogP contribution in [0.1, 0.15) is 46.6 Å². The molecular weight excluding hydrogens is 322 g/mol. The lowest BCUT2D eigenvalue weighted by molar-refractivity contribution is 0.0468. The first-order valence-corrected chi connectivity index (χ1v) is 8.55. The molecule has 140 valence electrons. The van der Waals surface area contributed by atoms with Crippen LogP contribution in [0.5, 0.6) is 5.75 Å². The molecule has 1 unspecified atom stereocenters. The highest BCUT2D eigenvalue weighted by Gasteiger charge is 2.23. The predicted molar refractivity (Wildman–Crippen MR) is 97.0 cm³/mol. The zero-order valence-electron chi connectivity index (χ0n) is 16.0. The monoisotopic (exact) mass is 351 g/mol. The van der Waals surface area contributed by atoms with Crippen molar-refractivity contribution >= 4 is 11.8 Å². The van der Waals surface area contributed by atoms with Crippen LogP contribution in [0.25, 0.3) is 0 Å². The van der Waals surface area contributed by atoms with Crippen molar-refractivity contribution in [1.29, 1.82) is 0 Å². The van der Waals surface area contributed by atoms with E-state index in [1.165, 1.54) is 0 Å². The van der Waals surface area contributed by atoms with Crippen molar-refractivity contribution in [2.24, 2.45) is 5.16 Å². The number of aryl methyl sites for hydroxylation is 1. The molecule has 2 heterocycles. The molecule has 0 radical (unpaired) electrons. The van der Waals surface area contributed by atoms with Crippen LogP contribution >= 0.6 is 0 Å². The molecule has 0 fully saturated rings. The third-order valence-corrected chi connectivity index (χ3v) is 3.02. The number of hydrogen-bond donors (Lipinski definition) is 1. The van der Waals surface area contributed by atoms with Crippen LogP contribution in [-0.2, 0) is 9.57 Å². The Morgan fingerprint density at radius 3 is 2.76 bits per heavy atom. The number of nitrogens with zero attached hydrogens (tertiary/aromatic N) is 2. The SMILES string of the molecule is CC.Cc1cnccc1OCC1CC(CNC(=O)OC(C)(C)C)=NO1. The first-order chi connectivity index (χ1) is 11.8. The van der Waals surface area contributed by atoms with Gasteiger partial charge in [0.2, 0.25) is 0 Å². The Morgan fingerprint density at radius 1 is 1.40 bits per heavy atom. The largest absolute Gasteiger partial charge is 0.489 e. The second-order valence-corrected chi connectivity index (χ2v) is 6.40. The fourth-order valence-electron chi connectivity index (χ4n) is 1.97. The summed E-state index contributed by atoms with van der Waals surface area (Å²) in [7, 11) is 0. The lowest BCUT2D eigenvalue weighted by Gasteiger charge is -2.19. The van der Waals surface area contributed by atoms with Gasteiger partial charge in [-0.2, -0.15) is 0 Å². The number of aromatic nitrogens is 1.